The van der Waals surface area contributed by atoms with Crippen LogP contribution in [0.1, 0.15) is 17.5 Å². The van der Waals surface area contributed by atoms with Gasteiger partial charge >= 0.3 is 0 Å². The van der Waals surface area contributed by atoms with Crippen LogP contribution >= 0.6 is 0 Å². The molecule has 0 unspecified atom stereocenters. The predicted octanol–water partition coefficient (Wildman–Crippen LogP) is 2.05. The van der Waals surface area contributed by atoms with Gasteiger partial charge < -0.3 is 15.2 Å². The number of nitrogens with two attached hydrogens (primary N) is 1. The Hall–Kier alpha value is -1.06. The lowest BCUT2D eigenvalue weighted by Gasteiger charge is -2.09. The second-order valence-corrected chi connectivity index (χ2v) is 3.87. The van der Waals surface area contributed by atoms with Gasteiger partial charge in [0.2, 0.25) is 0 Å². The first-order valence-electron chi connectivity index (χ1n) is 5.72. The molecule has 0 aromatic heterocycles. The lowest BCUT2D eigenvalue weighted by molar-refractivity contribution is 0.125. The summed E-state index contributed by atoms with van der Waals surface area (Å²) < 4.78 is 10.9. The molecule has 90 valence electrons. The smallest absolute Gasteiger partial charge is 0.122 e. The summed E-state index contributed by atoms with van der Waals surface area (Å²) in [7, 11) is 0. The fourth-order valence-corrected chi connectivity index (χ4v) is 1.49. The molecule has 0 saturated carbocycles. The van der Waals surface area contributed by atoms with E-state index in [1.165, 1.54) is 11.1 Å². The molecule has 0 aliphatic rings. The van der Waals surface area contributed by atoms with E-state index >= 15 is 0 Å². The standard InChI is InChI=1S/C13H21NO2/c1-11-4-5-13(12(2)10-11)16-8-3-7-15-9-6-14/h4-5,10H,3,6-9,14H2,1-2H3. The predicted molar refractivity (Wildman–Crippen MR) is 65.9 cm³/mol. The number of aryl methyl sites for hydroxylation is 2. The van der Waals surface area contributed by atoms with Crippen LogP contribution in [0, 0.1) is 13.8 Å². The Bertz CT molecular complexity index is 313. The van der Waals surface area contributed by atoms with Gasteiger partial charge in [-0.15, -0.1) is 0 Å². The summed E-state index contributed by atoms with van der Waals surface area (Å²) in [5.74, 6) is 0.962. The molecule has 0 heterocycles. The molecule has 0 bridgehead atoms. The Morgan fingerprint density at radius 3 is 2.62 bits per heavy atom. The second kappa shape index (κ2) is 7.25. The van der Waals surface area contributed by atoms with Crippen molar-refractivity contribution >= 4 is 0 Å². The molecule has 3 nitrogen and oxygen atoms in total. The van der Waals surface area contributed by atoms with Crippen molar-refractivity contribution in [3.8, 4) is 5.75 Å². The number of rotatable bonds is 7. The van der Waals surface area contributed by atoms with Gasteiger partial charge in [0, 0.05) is 19.6 Å². The van der Waals surface area contributed by atoms with Crippen LogP contribution in [-0.2, 0) is 4.74 Å². The minimum absolute atomic E-state index is 0.581. The number of hydrogen-bond donors (Lipinski definition) is 1. The summed E-state index contributed by atoms with van der Waals surface area (Å²) in [6.07, 6.45) is 0.896. The normalized spacial score (nSPS) is 10.4. The third kappa shape index (κ3) is 4.64. The van der Waals surface area contributed by atoms with Gasteiger partial charge in [0.1, 0.15) is 5.75 Å². The topological polar surface area (TPSA) is 44.5 Å². The Morgan fingerprint density at radius 2 is 1.94 bits per heavy atom. The maximum absolute atomic E-state index is 5.66. The van der Waals surface area contributed by atoms with Gasteiger partial charge in [-0.1, -0.05) is 17.7 Å². The largest absolute Gasteiger partial charge is 0.493 e. The average molecular weight is 223 g/mol. The molecule has 1 aromatic carbocycles. The molecule has 0 aliphatic carbocycles. The molecule has 0 amide bonds. The van der Waals surface area contributed by atoms with Gasteiger partial charge in [0.05, 0.1) is 13.2 Å². The van der Waals surface area contributed by atoms with Gasteiger partial charge in [0.15, 0.2) is 0 Å². The molecule has 0 spiro atoms. The van der Waals surface area contributed by atoms with Crippen LogP contribution in [-0.4, -0.2) is 26.4 Å². The Balaban J connectivity index is 2.21. The van der Waals surface area contributed by atoms with E-state index in [4.69, 9.17) is 15.2 Å². The van der Waals surface area contributed by atoms with E-state index in [2.05, 4.69) is 26.0 Å². The molecule has 0 radical (unpaired) electrons. The zero-order chi connectivity index (χ0) is 11.8. The third-order valence-corrected chi connectivity index (χ3v) is 2.28. The maximum atomic E-state index is 5.66. The van der Waals surface area contributed by atoms with Crippen LogP contribution in [0.5, 0.6) is 5.75 Å². The van der Waals surface area contributed by atoms with Crippen LogP contribution in [0.15, 0.2) is 18.2 Å². The van der Waals surface area contributed by atoms with Crippen LogP contribution in [0.2, 0.25) is 0 Å². The van der Waals surface area contributed by atoms with E-state index < -0.39 is 0 Å². The summed E-state index contributed by atoms with van der Waals surface area (Å²) >= 11 is 0. The molecule has 1 rings (SSSR count). The van der Waals surface area contributed by atoms with Crippen molar-refractivity contribution < 1.29 is 9.47 Å². The van der Waals surface area contributed by atoms with Gasteiger partial charge in [-0.25, -0.2) is 0 Å². The summed E-state index contributed by atoms with van der Waals surface area (Å²) in [5.41, 5.74) is 7.76. The van der Waals surface area contributed by atoms with Crippen molar-refractivity contribution in [2.75, 3.05) is 26.4 Å². The summed E-state index contributed by atoms with van der Waals surface area (Å²) in [6.45, 7) is 6.75. The number of benzene rings is 1. The van der Waals surface area contributed by atoms with Crippen LogP contribution < -0.4 is 10.5 Å². The van der Waals surface area contributed by atoms with Crippen LogP contribution in [0.4, 0.5) is 0 Å². The van der Waals surface area contributed by atoms with E-state index in [-0.39, 0.29) is 0 Å². The zero-order valence-corrected chi connectivity index (χ0v) is 10.2. The summed E-state index contributed by atoms with van der Waals surface area (Å²) in [5, 5.41) is 0. The average Bonchev–Trinajstić information content (AvgIpc) is 2.26. The van der Waals surface area contributed by atoms with Gasteiger partial charge in [0.25, 0.3) is 0 Å². The molecule has 1 aromatic rings. The summed E-state index contributed by atoms with van der Waals surface area (Å²) in [6, 6.07) is 6.21. The zero-order valence-electron chi connectivity index (χ0n) is 10.2. The van der Waals surface area contributed by atoms with E-state index in [9.17, 15) is 0 Å². The molecule has 0 aliphatic heterocycles. The van der Waals surface area contributed by atoms with Gasteiger partial charge in [-0.3, -0.25) is 0 Å². The molecule has 0 atom stereocenters. The highest BCUT2D eigenvalue weighted by molar-refractivity contribution is 5.35. The molecular formula is C13H21NO2. The van der Waals surface area contributed by atoms with Crippen molar-refractivity contribution in [1.29, 1.82) is 0 Å². The first kappa shape index (κ1) is 13.0. The van der Waals surface area contributed by atoms with Crippen molar-refractivity contribution in [3.05, 3.63) is 29.3 Å². The monoisotopic (exact) mass is 223 g/mol. The Labute approximate surface area is 97.6 Å². The van der Waals surface area contributed by atoms with Crippen LogP contribution in [0.25, 0.3) is 0 Å². The highest BCUT2D eigenvalue weighted by atomic mass is 16.5. The molecule has 3 heteroatoms. The van der Waals surface area contributed by atoms with Crippen LogP contribution in [0.3, 0.4) is 0 Å². The SMILES string of the molecule is Cc1ccc(OCCCOCCN)c(C)c1. The first-order valence-corrected chi connectivity index (χ1v) is 5.72. The molecule has 0 saturated heterocycles. The number of ether oxygens (including phenoxy) is 2. The highest BCUT2D eigenvalue weighted by Gasteiger charge is 1.98. The Morgan fingerprint density at radius 1 is 1.12 bits per heavy atom. The number of hydrogen-bond acceptors (Lipinski definition) is 3. The maximum Gasteiger partial charge on any atom is 0.122 e. The van der Waals surface area contributed by atoms with Gasteiger partial charge in [-0.2, -0.15) is 0 Å². The van der Waals surface area contributed by atoms with Crippen molar-refractivity contribution in [1.82, 2.24) is 0 Å². The van der Waals surface area contributed by atoms with E-state index in [0.717, 1.165) is 12.2 Å². The minimum Gasteiger partial charge on any atom is -0.493 e. The van der Waals surface area contributed by atoms with E-state index in [1.54, 1.807) is 0 Å². The Kier molecular flexibility index (Phi) is 5.90. The third-order valence-electron chi connectivity index (χ3n) is 2.28. The van der Waals surface area contributed by atoms with Gasteiger partial charge in [-0.05, 0) is 25.5 Å². The second-order valence-electron chi connectivity index (χ2n) is 3.87. The first-order chi connectivity index (χ1) is 7.74. The highest BCUT2D eigenvalue weighted by Crippen LogP contribution is 2.18. The summed E-state index contributed by atoms with van der Waals surface area (Å²) in [4.78, 5) is 0. The van der Waals surface area contributed by atoms with Crippen molar-refractivity contribution in [2.45, 2.75) is 20.3 Å². The lowest BCUT2D eigenvalue weighted by atomic mass is 10.1. The molecule has 2 N–H and O–H groups in total. The van der Waals surface area contributed by atoms with Crippen molar-refractivity contribution in [3.63, 3.8) is 0 Å². The van der Waals surface area contributed by atoms with Crippen molar-refractivity contribution in [2.24, 2.45) is 5.73 Å². The van der Waals surface area contributed by atoms with E-state index in [0.29, 0.717) is 26.4 Å². The molecule has 0 fully saturated rings. The minimum atomic E-state index is 0.581. The fraction of sp³-hybridized carbons (Fsp3) is 0.538. The lowest BCUT2D eigenvalue weighted by Crippen LogP contribution is -2.10. The van der Waals surface area contributed by atoms with E-state index in [1.807, 2.05) is 6.07 Å². The quantitative estimate of drug-likeness (QED) is 0.719. The fourth-order valence-electron chi connectivity index (χ4n) is 1.49. The molecule has 16 heavy (non-hydrogen) atoms. The molecular weight excluding hydrogens is 202 g/mol.